The Bertz CT molecular complexity index is 890. The topological polar surface area (TPSA) is 60.7 Å². The van der Waals surface area contributed by atoms with E-state index in [4.69, 9.17) is 0 Å². The Morgan fingerprint density at radius 1 is 0.405 bits per heavy atom. The van der Waals surface area contributed by atoms with E-state index in [1.54, 1.807) is 0 Å². The van der Waals surface area contributed by atoms with E-state index >= 15 is 0 Å². The number of aliphatic hydroxyl groups excluding tert-OH is 3. The maximum atomic E-state index is 11.0. The average Bonchev–Trinajstić information content (AvgIpc) is 2.71. The second kappa shape index (κ2) is 20.3. The van der Waals surface area contributed by atoms with Crippen LogP contribution in [0.3, 0.4) is 0 Å². The molecule has 0 amide bonds. The van der Waals surface area contributed by atoms with Gasteiger partial charge in [0.05, 0.1) is 56.4 Å². The molecule has 7 nitrogen and oxygen atoms in total. The summed E-state index contributed by atoms with van der Waals surface area (Å²) in [4.78, 5) is 0. The van der Waals surface area contributed by atoms with Gasteiger partial charge in [-0.05, 0) is 0 Å². The fourth-order valence-corrected chi connectivity index (χ4v) is 6.03. The molecule has 0 spiro atoms. The van der Waals surface area contributed by atoms with E-state index in [0.717, 1.165) is 13.1 Å². The lowest BCUT2D eigenvalue weighted by Gasteiger charge is -2.39. The Kier molecular flexibility index (Phi) is 22.4. The van der Waals surface area contributed by atoms with Crippen molar-refractivity contribution in [2.24, 2.45) is 0 Å². The number of hydrogen-bond acceptors (Lipinski definition) is 3. The van der Waals surface area contributed by atoms with Crippen LogP contribution in [0.1, 0.15) is 11.1 Å². The van der Waals surface area contributed by atoms with Crippen molar-refractivity contribution in [1.29, 1.82) is 0 Å². The van der Waals surface area contributed by atoms with Gasteiger partial charge in [0.2, 0.25) is 0 Å². The summed E-state index contributed by atoms with van der Waals surface area (Å²) in [6.07, 6.45) is -1.47. The summed E-state index contributed by atoms with van der Waals surface area (Å²) in [5.74, 6) is 0. The highest BCUT2D eigenvalue weighted by molar-refractivity contribution is 5.14. The number of nitrogens with zero attached hydrogens (tertiary/aromatic N) is 4. The van der Waals surface area contributed by atoms with Gasteiger partial charge in [-0.15, -0.1) is 0 Å². The van der Waals surface area contributed by atoms with Crippen LogP contribution in [0.5, 0.6) is 0 Å². The van der Waals surface area contributed by atoms with Crippen LogP contribution in [-0.2, 0) is 13.1 Å². The Labute approximate surface area is 298 Å². The van der Waals surface area contributed by atoms with E-state index in [2.05, 4.69) is 105 Å². The van der Waals surface area contributed by atoms with Crippen LogP contribution in [0, 0.1) is 0 Å². The van der Waals surface area contributed by atoms with Crippen molar-refractivity contribution in [1.82, 2.24) is 0 Å². The molecule has 0 aliphatic rings. The largest absolute Gasteiger partial charge is 1.00 e. The maximum absolute atomic E-state index is 11.0. The van der Waals surface area contributed by atoms with Gasteiger partial charge in [-0.3, -0.25) is 0 Å². The Morgan fingerprint density at radius 2 is 0.619 bits per heavy atom. The first kappa shape index (κ1) is 46.5. The quantitative estimate of drug-likeness (QED) is 0.147. The summed E-state index contributed by atoms with van der Waals surface area (Å²) < 4.78 is 2.48. The normalized spacial score (nSPS) is 14.3. The minimum Gasteiger partial charge on any atom is -1.00 e. The van der Waals surface area contributed by atoms with Gasteiger partial charge in [-0.1, -0.05) is 60.7 Å². The molecule has 0 bridgehead atoms. The van der Waals surface area contributed by atoms with Crippen LogP contribution in [-0.4, -0.2) is 147 Å². The number of hydrogen-bond donors (Lipinski definition) is 3. The maximum Gasteiger partial charge on any atom is 0.152 e. The second-order valence-corrected chi connectivity index (χ2v) is 14.1. The molecule has 2 atom stereocenters. The third-order valence-corrected chi connectivity index (χ3v) is 7.14. The van der Waals surface area contributed by atoms with Crippen LogP contribution < -0.4 is 67.9 Å². The molecule has 2 rings (SSSR count). The number of quaternary nitrogens is 4. The zero-order valence-electron chi connectivity index (χ0n) is 26.8. The Balaban J connectivity index is -0.00000380. The van der Waals surface area contributed by atoms with Gasteiger partial charge in [-0.2, -0.15) is 0 Å². The molecule has 0 saturated carbocycles. The molecule has 2 unspecified atom stereocenters. The third-order valence-electron chi connectivity index (χ3n) is 7.14. The van der Waals surface area contributed by atoms with Gasteiger partial charge in [0.1, 0.15) is 52.4 Å². The molecule has 0 aliphatic carbocycles. The first-order valence-corrected chi connectivity index (χ1v) is 13.9. The summed E-state index contributed by atoms with van der Waals surface area (Å²) in [6.45, 7) is 5.29. The summed E-state index contributed by atoms with van der Waals surface area (Å²) in [6, 6.07) is 20.8. The van der Waals surface area contributed by atoms with Gasteiger partial charge in [0, 0.05) is 11.1 Å². The molecule has 3 N–H and O–H groups in total. The van der Waals surface area contributed by atoms with Crippen LogP contribution in [0.25, 0.3) is 0 Å². The minimum atomic E-state index is -0.530. The van der Waals surface area contributed by atoms with E-state index in [0.29, 0.717) is 57.2 Å². The summed E-state index contributed by atoms with van der Waals surface area (Å²) in [5, 5.41) is 32.8. The fourth-order valence-electron chi connectivity index (χ4n) is 6.03. The van der Waals surface area contributed by atoms with Crippen molar-refractivity contribution < 1.29 is 101 Å². The predicted molar refractivity (Wildman–Crippen MR) is 156 cm³/mol. The number of likely N-dealkylation sites (N-methyl/N-ethyl adjacent to an activating group) is 4. The van der Waals surface area contributed by atoms with Crippen LogP contribution in [0.2, 0.25) is 0 Å². The van der Waals surface area contributed by atoms with Crippen molar-refractivity contribution in [3.05, 3.63) is 71.8 Å². The molecule has 246 valence electrons. The van der Waals surface area contributed by atoms with Crippen molar-refractivity contribution in [2.45, 2.75) is 31.4 Å². The molecule has 0 radical (unpaired) electrons. The van der Waals surface area contributed by atoms with E-state index in [1.807, 2.05) is 12.1 Å². The number of halogens is 4. The third kappa shape index (κ3) is 19.5. The highest BCUT2D eigenvalue weighted by Gasteiger charge is 2.33. The predicted octanol–water partition coefficient (Wildman–Crippen LogP) is -10.2. The standard InChI is InChI=1S/C31H56N4O3.4BrH/c1-32(2,19-27-15-11-9-12-16-27)21-29(36)23-34(5,6)25-31(38)26-35(7,8)24-30(37)22-33(3,4)20-28-17-13-10-14-18-28;;;;/h9-18,29-31,36-38H,19-26H2,1-8H3;4*1H/q+4;;;;/p-4. The Hall–Kier alpha value is 0.0800. The minimum absolute atomic E-state index is 0. The van der Waals surface area contributed by atoms with E-state index < -0.39 is 18.3 Å². The summed E-state index contributed by atoms with van der Waals surface area (Å²) >= 11 is 0. The molecule has 0 aromatic heterocycles. The lowest BCUT2D eigenvalue weighted by molar-refractivity contribution is -0.933. The first-order valence-electron chi connectivity index (χ1n) is 13.9. The molecular weight excluding hydrogens is 796 g/mol. The van der Waals surface area contributed by atoms with Gasteiger partial charge < -0.3 is 101 Å². The zero-order chi connectivity index (χ0) is 28.6. The summed E-state index contributed by atoms with van der Waals surface area (Å²) in [5.41, 5.74) is 2.52. The molecule has 2 aromatic carbocycles. The van der Waals surface area contributed by atoms with Gasteiger partial charge in [0.15, 0.2) is 18.3 Å². The zero-order valence-corrected chi connectivity index (χ0v) is 33.1. The molecular formula is C31H56Br4N4O3. The van der Waals surface area contributed by atoms with Crippen molar-refractivity contribution in [2.75, 3.05) is 95.6 Å². The molecule has 42 heavy (non-hydrogen) atoms. The smallest absolute Gasteiger partial charge is 0.152 e. The van der Waals surface area contributed by atoms with Crippen molar-refractivity contribution in [3.63, 3.8) is 0 Å². The number of aliphatic hydroxyl groups is 3. The molecule has 2 aromatic rings. The number of rotatable bonds is 16. The summed E-state index contributed by atoms with van der Waals surface area (Å²) in [7, 11) is 16.9. The fraction of sp³-hybridized carbons (Fsp3) is 0.613. The molecule has 11 heteroatoms. The SMILES string of the molecule is C[N+](C)(Cc1ccccc1)CC(O)C[N+](C)(C)CC(O)C[N+](C)(C)CC(O)C[N+](C)(C)Cc1ccccc1.[Br-].[Br-].[Br-].[Br-]. The molecule has 0 fully saturated rings. The molecule has 0 aliphatic heterocycles. The highest BCUT2D eigenvalue weighted by Crippen LogP contribution is 2.15. The average molecular weight is 852 g/mol. The molecule has 0 heterocycles. The van der Waals surface area contributed by atoms with Gasteiger partial charge in [0.25, 0.3) is 0 Å². The molecule has 0 saturated heterocycles. The van der Waals surface area contributed by atoms with Crippen LogP contribution in [0.15, 0.2) is 60.7 Å². The monoisotopic (exact) mass is 848 g/mol. The van der Waals surface area contributed by atoms with Gasteiger partial charge in [-0.25, -0.2) is 0 Å². The van der Waals surface area contributed by atoms with Crippen molar-refractivity contribution >= 4 is 0 Å². The lowest BCUT2D eigenvalue weighted by atomic mass is 10.1. The van der Waals surface area contributed by atoms with E-state index in [-0.39, 0.29) is 67.9 Å². The van der Waals surface area contributed by atoms with Crippen LogP contribution in [0.4, 0.5) is 0 Å². The Morgan fingerprint density at radius 3 is 0.857 bits per heavy atom. The number of benzene rings is 2. The highest BCUT2D eigenvalue weighted by atomic mass is 79.9. The van der Waals surface area contributed by atoms with E-state index in [9.17, 15) is 15.3 Å². The van der Waals surface area contributed by atoms with Crippen molar-refractivity contribution in [3.8, 4) is 0 Å². The van der Waals surface area contributed by atoms with E-state index in [1.165, 1.54) is 11.1 Å². The van der Waals surface area contributed by atoms with Gasteiger partial charge >= 0.3 is 0 Å². The van der Waals surface area contributed by atoms with Crippen LogP contribution >= 0.6 is 0 Å². The second-order valence-electron chi connectivity index (χ2n) is 14.1. The first-order chi connectivity index (χ1) is 17.5. The lowest BCUT2D eigenvalue weighted by Crippen LogP contribution is -3.00.